The van der Waals surface area contributed by atoms with E-state index in [0.29, 0.717) is 11.4 Å². The topological polar surface area (TPSA) is 30.7 Å². The van der Waals surface area contributed by atoms with E-state index in [1.807, 2.05) is 24.3 Å². The summed E-state index contributed by atoms with van der Waals surface area (Å²) in [5.41, 5.74) is 1.02. The number of alkyl halides is 3. The molecule has 0 fully saturated rings. The quantitative estimate of drug-likeness (QED) is 0.656. The van der Waals surface area contributed by atoms with Crippen LogP contribution in [0.25, 0.3) is 16.9 Å². The van der Waals surface area contributed by atoms with E-state index >= 15 is 0 Å². The summed E-state index contributed by atoms with van der Waals surface area (Å²) < 4.78 is 40.8. The first-order valence-electron chi connectivity index (χ1n) is 6.29. The fourth-order valence-electron chi connectivity index (χ4n) is 2.06. The van der Waals surface area contributed by atoms with Crippen molar-refractivity contribution in [3.05, 3.63) is 64.8 Å². The van der Waals surface area contributed by atoms with E-state index in [-0.39, 0.29) is 0 Å². The molecule has 1 heterocycles. The lowest BCUT2D eigenvalue weighted by molar-refractivity contribution is -0.137. The van der Waals surface area contributed by atoms with E-state index in [1.165, 1.54) is 16.9 Å². The second-order valence-corrected chi connectivity index (χ2v) is 5.50. The third kappa shape index (κ3) is 2.89. The molecule has 22 heavy (non-hydrogen) atoms. The normalized spacial score (nSPS) is 11.6. The number of aromatic nitrogens is 3. The summed E-state index contributed by atoms with van der Waals surface area (Å²) in [5.74, 6) is 0. The molecule has 1 aromatic heterocycles. The van der Waals surface area contributed by atoms with Gasteiger partial charge >= 0.3 is 6.18 Å². The number of rotatable bonds is 2. The molecule has 0 saturated heterocycles. The first-order chi connectivity index (χ1) is 10.4. The third-order valence-electron chi connectivity index (χ3n) is 3.11. The van der Waals surface area contributed by atoms with Crippen molar-refractivity contribution in [3.8, 4) is 16.9 Å². The van der Waals surface area contributed by atoms with Crippen molar-refractivity contribution in [2.45, 2.75) is 6.18 Å². The SMILES string of the molecule is FC(F)(F)c1cccc(-n2nncc2-c2ccc(Br)cc2)c1. The van der Waals surface area contributed by atoms with Gasteiger partial charge in [0.2, 0.25) is 0 Å². The molecule has 0 atom stereocenters. The van der Waals surface area contributed by atoms with Crippen LogP contribution in [-0.4, -0.2) is 15.0 Å². The van der Waals surface area contributed by atoms with E-state index in [0.717, 1.165) is 22.2 Å². The lowest BCUT2D eigenvalue weighted by Gasteiger charge is -2.10. The molecule has 7 heteroatoms. The zero-order valence-corrected chi connectivity index (χ0v) is 12.6. The van der Waals surface area contributed by atoms with Gasteiger partial charge < -0.3 is 0 Å². The minimum absolute atomic E-state index is 0.310. The van der Waals surface area contributed by atoms with Crippen LogP contribution in [0.3, 0.4) is 0 Å². The van der Waals surface area contributed by atoms with Gasteiger partial charge in [0.15, 0.2) is 0 Å². The minimum atomic E-state index is -4.39. The van der Waals surface area contributed by atoms with Crippen molar-refractivity contribution >= 4 is 15.9 Å². The standard InChI is InChI=1S/C15H9BrF3N3/c16-12-6-4-10(5-7-12)14-9-20-21-22(14)13-3-1-2-11(8-13)15(17,18)19/h1-9H. The Kier molecular flexibility index (Phi) is 3.74. The number of nitrogens with zero attached hydrogens (tertiary/aromatic N) is 3. The van der Waals surface area contributed by atoms with Crippen LogP contribution >= 0.6 is 15.9 Å². The minimum Gasteiger partial charge on any atom is -0.213 e. The molecule has 112 valence electrons. The second kappa shape index (κ2) is 5.57. The molecule has 3 nitrogen and oxygen atoms in total. The maximum atomic E-state index is 12.8. The van der Waals surface area contributed by atoms with Crippen molar-refractivity contribution in [3.63, 3.8) is 0 Å². The Morgan fingerprint density at radius 2 is 1.73 bits per heavy atom. The van der Waals surface area contributed by atoms with E-state index in [1.54, 1.807) is 6.07 Å². The molecule has 0 unspecified atom stereocenters. The molecule has 2 aromatic carbocycles. The number of benzene rings is 2. The number of hydrogen-bond acceptors (Lipinski definition) is 2. The molecule has 0 aliphatic heterocycles. The molecule has 0 radical (unpaired) electrons. The Hall–Kier alpha value is -2.15. The van der Waals surface area contributed by atoms with Crippen LogP contribution in [0, 0.1) is 0 Å². The van der Waals surface area contributed by atoms with E-state index in [9.17, 15) is 13.2 Å². The lowest BCUT2D eigenvalue weighted by Crippen LogP contribution is -2.07. The highest BCUT2D eigenvalue weighted by molar-refractivity contribution is 9.10. The fourth-order valence-corrected chi connectivity index (χ4v) is 2.32. The number of halogens is 4. The van der Waals surface area contributed by atoms with Crippen molar-refractivity contribution in [2.75, 3.05) is 0 Å². The molecule has 0 aliphatic carbocycles. The second-order valence-electron chi connectivity index (χ2n) is 4.59. The molecule has 0 saturated carbocycles. The molecule has 0 bridgehead atoms. The first kappa shape index (κ1) is 14.8. The van der Waals surface area contributed by atoms with Crippen LogP contribution in [0.1, 0.15) is 5.56 Å². The van der Waals surface area contributed by atoms with Gasteiger partial charge in [0.05, 0.1) is 23.1 Å². The zero-order valence-electron chi connectivity index (χ0n) is 11.0. The predicted octanol–water partition coefficient (Wildman–Crippen LogP) is 4.72. The van der Waals surface area contributed by atoms with Gasteiger partial charge in [-0.2, -0.15) is 13.2 Å². The largest absolute Gasteiger partial charge is 0.416 e. The molecular weight excluding hydrogens is 359 g/mol. The van der Waals surface area contributed by atoms with Gasteiger partial charge in [0, 0.05) is 10.0 Å². The molecule has 0 aliphatic rings. The van der Waals surface area contributed by atoms with Crippen LogP contribution in [-0.2, 0) is 6.18 Å². The van der Waals surface area contributed by atoms with Crippen LogP contribution < -0.4 is 0 Å². The molecule has 0 N–H and O–H groups in total. The van der Waals surface area contributed by atoms with Crippen molar-refractivity contribution in [1.29, 1.82) is 0 Å². The van der Waals surface area contributed by atoms with E-state index in [4.69, 9.17) is 0 Å². The van der Waals surface area contributed by atoms with Gasteiger partial charge in [-0.05, 0) is 30.3 Å². The van der Waals surface area contributed by atoms with Gasteiger partial charge in [-0.1, -0.05) is 39.3 Å². The molecule has 0 amide bonds. The van der Waals surface area contributed by atoms with Gasteiger partial charge in [0.25, 0.3) is 0 Å². The highest BCUT2D eigenvalue weighted by Gasteiger charge is 2.30. The summed E-state index contributed by atoms with van der Waals surface area (Å²) in [6.07, 6.45) is -2.88. The van der Waals surface area contributed by atoms with Crippen LogP contribution in [0.5, 0.6) is 0 Å². The lowest BCUT2D eigenvalue weighted by atomic mass is 10.1. The summed E-state index contributed by atoms with van der Waals surface area (Å²) in [5, 5.41) is 7.71. The summed E-state index contributed by atoms with van der Waals surface area (Å²) in [6.45, 7) is 0. The maximum absolute atomic E-state index is 12.8. The van der Waals surface area contributed by atoms with Gasteiger partial charge in [-0.15, -0.1) is 5.10 Å². The van der Waals surface area contributed by atoms with Crippen molar-refractivity contribution in [1.82, 2.24) is 15.0 Å². The average Bonchev–Trinajstić information content (AvgIpc) is 2.97. The Balaban J connectivity index is 2.07. The highest BCUT2D eigenvalue weighted by Crippen LogP contribution is 2.31. The summed E-state index contributed by atoms with van der Waals surface area (Å²) in [7, 11) is 0. The maximum Gasteiger partial charge on any atom is 0.416 e. The van der Waals surface area contributed by atoms with Crippen molar-refractivity contribution in [2.24, 2.45) is 0 Å². The van der Waals surface area contributed by atoms with Gasteiger partial charge in [-0.3, -0.25) is 0 Å². The molecule has 0 spiro atoms. The molecular formula is C15H9BrF3N3. The van der Waals surface area contributed by atoms with Gasteiger partial charge in [-0.25, -0.2) is 4.68 Å². The smallest absolute Gasteiger partial charge is 0.213 e. The monoisotopic (exact) mass is 367 g/mol. The van der Waals surface area contributed by atoms with Crippen LogP contribution in [0.4, 0.5) is 13.2 Å². The molecule has 3 aromatic rings. The predicted molar refractivity (Wildman–Crippen MR) is 79.5 cm³/mol. The Morgan fingerprint density at radius 1 is 1.00 bits per heavy atom. The van der Waals surface area contributed by atoms with E-state index < -0.39 is 11.7 Å². The Labute approximate surface area is 132 Å². The van der Waals surface area contributed by atoms with Crippen LogP contribution in [0.15, 0.2) is 59.2 Å². The molecule has 3 rings (SSSR count). The van der Waals surface area contributed by atoms with E-state index in [2.05, 4.69) is 26.2 Å². The number of hydrogen-bond donors (Lipinski definition) is 0. The fraction of sp³-hybridized carbons (Fsp3) is 0.0667. The first-order valence-corrected chi connectivity index (χ1v) is 7.09. The summed E-state index contributed by atoms with van der Waals surface area (Å²) >= 11 is 3.34. The Morgan fingerprint density at radius 3 is 2.41 bits per heavy atom. The van der Waals surface area contributed by atoms with Crippen LogP contribution in [0.2, 0.25) is 0 Å². The summed E-state index contributed by atoms with van der Waals surface area (Å²) in [6, 6.07) is 12.4. The average molecular weight is 368 g/mol. The third-order valence-corrected chi connectivity index (χ3v) is 3.64. The zero-order chi connectivity index (χ0) is 15.7. The Bertz CT molecular complexity index is 794. The van der Waals surface area contributed by atoms with Crippen molar-refractivity contribution < 1.29 is 13.2 Å². The highest BCUT2D eigenvalue weighted by atomic mass is 79.9. The summed E-state index contributed by atoms with van der Waals surface area (Å²) in [4.78, 5) is 0. The van der Waals surface area contributed by atoms with Gasteiger partial charge in [0.1, 0.15) is 0 Å².